The quantitative estimate of drug-likeness (QED) is 0.806. The zero-order valence-electron chi connectivity index (χ0n) is 13.8. The van der Waals surface area contributed by atoms with Crippen molar-refractivity contribution in [2.75, 3.05) is 0 Å². The van der Waals surface area contributed by atoms with Crippen molar-refractivity contribution in [1.82, 2.24) is 14.9 Å². The average molecular weight is 364 g/mol. The number of esters is 1. The second kappa shape index (κ2) is 6.28. The number of ether oxygens (including phenoxy) is 1. The number of hydrogen-bond acceptors (Lipinski definition) is 8. The van der Waals surface area contributed by atoms with Gasteiger partial charge in [-0.1, -0.05) is 12.1 Å². The molecule has 0 saturated heterocycles. The van der Waals surface area contributed by atoms with E-state index in [0.717, 1.165) is 0 Å². The average Bonchev–Trinajstić information content (AvgIpc) is 3.10. The molecule has 10 heteroatoms. The third kappa shape index (κ3) is 3.38. The van der Waals surface area contributed by atoms with Crippen LogP contribution in [0.1, 0.15) is 37.3 Å². The van der Waals surface area contributed by atoms with Gasteiger partial charge in [0.2, 0.25) is 5.89 Å². The van der Waals surface area contributed by atoms with Crippen LogP contribution in [-0.4, -0.2) is 36.5 Å². The number of fused-ring (bicyclic) bond motifs is 1. The Morgan fingerprint density at radius 3 is 2.68 bits per heavy atom. The summed E-state index contributed by atoms with van der Waals surface area (Å²) >= 11 is 0. The van der Waals surface area contributed by atoms with E-state index in [1.165, 1.54) is 13.0 Å². The van der Waals surface area contributed by atoms with Crippen LogP contribution in [0.3, 0.4) is 0 Å². The summed E-state index contributed by atoms with van der Waals surface area (Å²) in [4.78, 5) is 16.5. The largest absolute Gasteiger partial charge is 0.451 e. The number of aromatic nitrogens is 2. The van der Waals surface area contributed by atoms with E-state index < -0.39 is 28.1 Å². The van der Waals surface area contributed by atoms with Crippen molar-refractivity contribution in [3.05, 3.63) is 41.6 Å². The Bertz CT molecular complexity index is 950. The van der Waals surface area contributed by atoms with Gasteiger partial charge in [-0.2, -0.15) is 0 Å². The van der Waals surface area contributed by atoms with Crippen LogP contribution in [0.2, 0.25) is 0 Å². The standard InChI is InChI=1S/C15H16N4O5S/c1-8(15(20)23-9(2)14-18-17-10(3)24-14)16-13-11-6-4-5-7-12(11)25(21,22)19-13/h4-9H,1-3H3,(H,16,19)/t8-,9?/m0/s1. The van der Waals surface area contributed by atoms with E-state index in [4.69, 9.17) is 9.15 Å². The van der Waals surface area contributed by atoms with Gasteiger partial charge in [-0.15, -0.1) is 10.2 Å². The first-order chi connectivity index (χ1) is 11.8. The predicted molar refractivity (Wildman–Crippen MR) is 86.3 cm³/mol. The number of hydrogen-bond donors (Lipinski definition) is 1. The summed E-state index contributed by atoms with van der Waals surface area (Å²) in [6.07, 6.45) is -0.732. The highest BCUT2D eigenvalue weighted by atomic mass is 32.2. The van der Waals surface area contributed by atoms with Crippen LogP contribution < -0.4 is 4.72 Å². The van der Waals surface area contributed by atoms with Crippen molar-refractivity contribution in [2.24, 2.45) is 4.99 Å². The lowest BCUT2D eigenvalue weighted by atomic mass is 10.2. The third-order valence-electron chi connectivity index (χ3n) is 3.51. The molecule has 0 aliphatic carbocycles. The molecule has 1 aliphatic heterocycles. The number of aliphatic imine (C=N–C) groups is 1. The van der Waals surface area contributed by atoms with Crippen LogP contribution in [-0.2, 0) is 19.6 Å². The van der Waals surface area contributed by atoms with Gasteiger partial charge in [-0.3, -0.25) is 9.71 Å². The van der Waals surface area contributed by atoms with E-state index >= 15 is 0 Å². The Hall–Kier alpha value is -2.75. The Morgan fingerprint density at radius 2 is 2.00 bits per heavy atom. The first-order valence-corrected chi connectivity index (χ1v) is 8.97. The van der Waals surface area contributed by atoms with Gasteiger partial charge in [0.25, 0.3) is 15.9 Å². The molecule has 1 N–H and O–H groups in total. The fraction of sp³-hybridized carbons (Fsp3) is 0.333. The maximum Gasteiger partial charge on any atom is 0.331 e. The molecule has 1 aliphatic rings. The summed E-state index contributed by atoms with van der Waals surface area (Å²) in [6, 6.07) is 5.49. The molecule has 0 saturated carbocycles. The van der Waals surface area contributed by atoms with Crippen molar-refractivity contribution in [3.63, 3.8) is 0 Å². The van der Waals surface area contributed by atoms with Gasteiger partial charge in [0.15, 0.2) is 6.10 Å². The van der Waals surface area contributed by atoms with E-state index in [1.807, 2.05) is 0 Å². The maximum atomic E-state index is 12.2. The van der Waals surface area contributed by atoms with E-state index in [1.54, 1.807) is 32.0 Å². The molecule has 25 heavy (non-hydrogen) atoms. The molecule has 9 nitrogen and oxygen atoms in total. The number of sulfonamides is 1. The zero-order chi connectivity index (χ0) is 18.2. The van der Waals surface area contributed by atoms with Crippen LogP contribution >= 0.6 is 0 Å². The smallest absolute Gasteiger partial charge is 0.331 e. The van der Waals surface area contributed by atoms with Gasteiger partial charge in [-0.05, 0) is 26.0 Å². The summed E-state index contributed by atoms with van der Waals surface area (Å²) < 4.78 is 36.9. The summed E-state index contributed by atoms with van der Waals surface area (Å²) in [5.74, 6) is 0.0153. The van der Waals surface area contributed by atoms with Crippen molar-refractivity contribution in [3.8, 4) is 0 Å². The van der Waals surface area contributed by atoms with Gasteiger partial charge in [0.05, 0.1) is 4.90 Å². The Balaban J connectivity index is 1.77. The molecular formula is C15H16N4O5S. The minimum absolute atomic E-state index is 0.112. The van der Waals surface area contributed by atoms with Crippen molar-refractivity contribution in [2.45, 2.75) is 37.8 Å². The second-order valence-corrected chi connectivity index (χ2v) is 7.14. The Morgan fingerprint density at radius 1 is 1.28 bits per heavy atom. The number of amidine groups is 1. The molecular weight excluding hydrogens is 348 g/mol. The number of carbonyl (C=O) groups excluding carboxylic acids is 1. The van der Waals surface area contributed by atoms with Crippen LogP contribution in [0, 0.1) is 6.92 Å². The summed E-state index contributed by atoms with van der Waals surface area (Å²) in [5.41, 5.74) is 0.419. The molecule has 0 fully saturated rings. The molecule has 1 aromatic heterocycles. The molecule has 0 radical (unpaired) electrons. The fourth-order valence-electron chi connectivity index (χ4n) is 2.28. The maximum absolute atomic E-state index is 12.2. The minimum atomic E-state index is -3.66. The molecule has 1 aromatic carbocycles. The number of carbonyl (C=O) groups is 1. The Kier molecular flexibility index (Phi) is 4.29. The molecule has 2 heterocycles. The number of benzene rings is 1. The minimum Gasteiger partial charge on any atom is -0.451 e. The molecule has 0 spiro atoms. The molecule has 3 rings (SSSR count). The summed E-state index contributed by atoms with van der Waals surface area (Å²) in [6.45, 7) is 4.73. The van der Waals surface area contributed by atoms with Gasteiger partial charge in [0, 0.05) is 12.5 Å². The van der Waals surface area contributed by atoms with Crippen LogP contribution in [0.4, 0.5) is 0 Å². The lowest BCUT2D eigenvalue weighted by Crippen LogP contribution is -2.27. The fourth-order valence-corrected chi connectivity index (χ4v) is 3.51. The number of aryl methyl sites for hydroxylation is 1. The molecule has 0 amide bonds. The topological polar surface area (TPSA) is 124 Å². The molecule has 132 valence electrons. The number of nitrogens with one attached hydrogen (secondary N) is 1. The monoisotopic (exact) mass is 364 g/mol. The van der Waals surface area contributed by atoms with E-state index in [-0.39, 0.29) is 16.6 Å². The van der Waals surface area contributed by atoms with Gasteiger partial charge < -0.3 is 9.15 Å². The zero-order valence-corrected chi connectivity index (χ0v) is 14.6. The van der Waals surface area contributed by atoms with Crippen LogP contribution in [0.15, 0.2) is 38.6 Å². The number of rotatable bonds is 4. The third-order valence-corrected chi connectivity index (χ3v) is 4.91. The van der Waals surface area contributed by atoms with E-state index in [2.05, 4.69) is 19.9 Å². The summed E-state index contributed by atoms with van der Waals surface area (Å²) in [7, 11) is -3.66. The van der Waals surface area contributed by atoms with Gasteiger partial charge >= 0.3 is 5.97 Å². The molecule has 2 atom stereocenters. The molecule has 2 aromatic rings. The molecule has 1 unspecified atom stereocenters. The second-order valence-electron chi connectivity index (χ2n) is 5.49. The lowest BCUT2D eigenvalue weighted by molar-refractivity contribution is -0.150. The SMILES string of the molecule is Cc1nnc(C(C)OC(=O)[C@H](C)N=C2NS(=O)(=O)c3ccccc32)o1. The highest BCUT2D eigenvalue weighted by Crippen LogP contribution is 2.23. The first kappa shape index (κ1) is 17.1. The lowest BCUT2D eigenvalue weighted by Gasteiger charge is -2.12. The van der Waals surface area contributed by atoms with Crippen LogP contribution in [0.25, 0.3) is 0 Å². The van der Waals surface area contributed by atoms with E-state index in [9.17, 15) is 13.2 Å². The van der Waals surface area contributed by atoms with Crippen molar-refractivity contribution in [1.29, 1.82) is 0 Å². The first-order valence-electron chi connectivity index (χ1n) is 7.48. The highest BCUT2D eigenvalue weighted by Gasteiger charge is 2.31. The van der Waals surface area contributed by atoms with Crippen molar-refractivity contribution >= 4 is 21.8 Å². The van der Waals surface area contributed by atoms with Crippen molar-refractivity contribution < 1.29 is 22.4 Å². The highest BCUT2D eigenvalue weighted by molar-refractivity contribution is 7.90. The molecule has 0 bridgehead atoms. The normalized spacial score (nSPS) is 19.1. The Labute approximate surface area is 144 Å². The summed E-state index contributed by atoms with van der Waals surface area (Å²) in [5, 5.41) is 7.46. The van der Waals surface area contributed by atoms with Crippen LogP contribution in [0.5, 0.6) is 0 Å². The number of nitrogens with zero attached hydrogens (tertiary/aromatic N) is 3. The van der Waals surface area contributed by atoms with E-state index in [0.29, 0.717) is 11.5 Å². The predicted octanol–water partition coefficient (Wildman–Crippen LogP) is 1.11. The van der Waals surface area contributed by atoms with Gasteiger partial charge in [-0.25, -0.2) is 13.2 Å². The van der Waals surface area contributed by atoms with Gasteiger partial charge in [0.1, 0.15) is 11.9 Å².